The van der Waals surface area contributed by atoms with Gasteiger partial charge in [-0.1, -0.05) is 25.0 Å². The summed E-state index contributed by atoms with van der Waals surface area (Å²) in [5.41, 5.74) is 1.77. The number of ketones is 1. The summed E-state index contributed by atoms with van der Waals surface area (Å²) >= 11 is 0. The number of hydrogen-bond acceptors (Lipinski definition) is 5. The van der Waals surface area contributed by atoms with E-state index in [4.69, 9.17) is 0 Å². The Morgan fingerprint density at radius 1 is 1.04 bits per heavy atom. The van der Waals surface area contributed by atoms with E-state index in [1.54, 1.807) is 18.2 Å². The Labute approximate surface area is 147 Å². The molecule has 1 aliphatic rings. The lowest BCUT2D eigenvalue weighted by Crippen LogP contribution is -2.32. The summed E-state index contributed by atoms with van der Waals surface area (Å²) < 4.78 is 0. The quantitative estimate of drug-likeness (QED) is 0.864. The van der Waals surface area contributed by atoms with Gasteiger partial charge in [-0.25, -0.2) is 9.97 Å². The van der Waals surface area contributed by atoms with Crippen LogP contribution in [0, 0.1) is 0 Å². The second-order valence-corrected chi connectivity index (χ2v) is 6.26. The Bertz CT molecular complexity index is 768. The molecule has 0 saturated carbocycles. The number of carbonyl (C=O) groups is 2. The van der Waals surface area contributed by atoms with Crippen LogP contribution in [0.2, 0.25) is 0 Å². The van der Waals surface area contributed by atoms with Crippen LogP contribution in [-0.2, 0) is 0 Å². The first kappa shape index (κ1) is 17.1. The molecule has 1 aliphatic heterocycles. The van der Waals surface area contributed by atoms with Gasteiger partial charge in [0, 0.05) is 30.4 Å². The van der Waals surface area contributed by atoms with E-state index in [1.807, 2.05) is 17.0 Å². The Hall–Kier alpha value is -2.76. The molecule has 1 amide bonds. The van der Waals surface area contributed by atoms with Gasteiger partial charge in [0.05, 0.1) is 0 Å². The fraction of sp³-hybridized carbons (Fsp3) is 0.368. The first-order valence-electron chi connectivity index (χ1n) is 8.63. The van der Waals surface area contributed by atoms with E-state index in [2.05, 4.69) is 15.3 Å². The molecule has 6 heteroatoms. The van der Waals surface area contributed by atoms with Crippen molar-refractivity contribution in [3.05, 3.63) is 47.9 Å². The van der Waals surface area contributed by atoms with Crippen molar-refractivity contribution < 1.29 is 9.59 Å². The van der Waals surface area contributed by atoms with Gasteiger partial charge in [-0.3, -0.25) is 9.59 Å². The monoisotopic (exact) mass is 338 g/mol. The highest BCUT2D eigenvalue weighted by Crippen LogP contribution is 2.18. The molecule has 130 valence electrons. The van der Waals surface area contributed by atoms with Gasteiger partial charge in [0.2, 0.25) is 0 Å². The Morgan fingerprint density at radius 2 is 1.80 bits per heavy atom. The zero-order chi connectivity index (χ0) is 17.6. The predicted octanol–water partition coefficient (Wildman–Crippen LogP) is 3.44. The highest BCUT2D eigenvalue weighted by atomic mass is 16.2. The van der Waals surface area contributed by atoms with Crippen LogP contribution in [-0.4, -0.2) is 39.6 Å². The molecule has 0 atom stereocenters. The highest BCUT2D eigenvalue weighted by Gasteiger charge is 2.19. The minimum Gasteiger partial charge on any atom is -0.340 e. The van der Waals surface area contributed by atoms with E-state index >= 15 is 0 Å². The van der Waals surface area contributed by atoms with Crippen LogP contribution < -0.4 is 5.32 Å². The third kappa shape index (κ3) is 4.41. The van der Waals surface area contributed by atoms with Crippen molar-refractivity contribution >= 4 is 23.2 Å². The van der Waals surface area contributed by atoms with E-state index < -0.39 is 0 Å². The largest absolute Gasteiger partial charge is 0.340 e. The maximum Gasteiger partial charge on any atom is 0.272 e. The van der Waals surface area contributed by atoms with Crippen molar-refractivity contribution in [1.82, 2.24) is 14.9 Å². The van der Waals surface area contributed by atoms with Crippen LogP contribution in [0.4, 0.5) is 11.5 Å². The Morgan fingerprint density at radius 3 is 2.52 bits per heavy atom. The summed E-state index contributed by atoms with van der Waals surface area (Å²) in [6, 6.07) is 8.85. The number of carbonyl (C=O) groups excluding carboxylic acids is 2. The summed E-state index contributed by atoms with van der Waals surface area (Å²) in [5, 5.41) is 3.14. The topological polar surface area (TPSA) is 75.2 Å². The van der Waals surface area contributed by atoms with Crippen molar-refractivity contribution in [2.24, 2.45) is 0 Å². The van der Waals surface area contributed by atoms with E-state index in [0.717, 1.165) is 31.6 Å². The van der Waals surface area contributed by atoms with Crippen molar-refractivity contribution in [2.45, 2.75) is 32.6 Å². The van der Waals surface area contributed by atoms with Crippen LogP contribution in [0.1, 0.15) is 53.5 Å². The van der Waals surface area contributed by atoms with Crippen molar-refractivity contribution in [2.75, 3.05) is 18.4 Å². The van der Waals surface area contributed by atoms with Crippen LogP contribution >= 0.6 is 0 Å². The molecule has 0 bridgehead atoms. The van der Waals surface area contributed by atoms with Gasteiger partial charge >= 0.3 is 0 Å². The molecule has 25 heavy (non-hydrogen) atoms. The van der Waals surface area contributed by atoms with E-state index in [-0.39, 0.29) is 11.7 Å². The van der Waals surface area contributed by atoms with Crippen LogP contribution in [0.25, 0.3) is 0 Å². The lowest BCUT2D eigenvalue weighted by atomic mass is 10.1. The molecule has 1 fully saturated rings. The SMILES string of the molecule is CC(=O)c1cccc(Nc2cc(C(=O)N3CCCCCC3)ncn2)c1. The molecule has 0 aliphatic carbocycles. The number of amides is 1. The fourth-order valence-corrected chi connectivity index (χ4v) is 2.94. The molecule has 1 saturated heterocycles. The maximum absolute atomic E-state index is 12.7. The van der Waals surface area contributed by atoms with Crippen LogP contribution in [0.3, 0.4) is 0 Å². The normalized spacial score (nSPS) is 14.7. The number of nitrogens with one attached hydrogen (secondary N) is 1. The summed E-state index contributed by atoms with van der Waals surface area (Å²) in [5.74, 6) is 0.488. The van der Waals surface area contributed by atoms with E-state index in [0.29, 0.717) is 17.1 Å². The van der Waals surface area contributed by atoms with Gasteiger partial charge in [0.1, 0.15) is 17.8 Å². The minimum absolute atomic E-state index is 0.00312. The first-order chi connectivity index (χ1) is 12.1. The lowest BCUT2D eigenvalue weighted by Gasteiger charge is -2.19. The third-order valence-corrected chi connectivity index (χ3v) is 4.32. The van der Waals surface area contributed by atoms with Crippen molar-refractivity contribution in [3.63, 3.8) is 0 Å². The van der Waals surface area contributed by atoms with Crippen molar-refractivity contribution in [1.29, 1.82) is 0 Å². The van der Waals surface area contributed by atoms with E-state index in [9.17, 15) is 9.59 Å². The summed E-state index contributed by atoms with van der Waals surface area (Å²) in [6.45, 7) is 3.10. The number of nitrogens with zero attached hydrogens (tertiary/aromatic N) is 3. The Kier molecular flexibility index (Phi) is 5.38. The van der Waals surface area contributed by atoms with Gasteiger partial charge < -0.3 is 10.2 Å². The molecule has 1 N–H and O–H groups in total. The summed E-state index contributed by atoms with van der Waals surface area (Å²) in [4.78, 5) is 34.3. The summed E-state index contributed by atoms with van der Waals surface area (Å²) in [6.07, 6.45) is 5.82. The minimum atomic E-state index is -0.0511. The molecule has 2 aromatic rings. The number of benzene rings is 1. The standard InChI is InChI=1S/C19H22N4O2/c1-14(24)15-7-6-8-16(11-15)22-18-12-17(20-13-21-18)19(25)23-9-4-2-3-5-10-23/h6-8,11-13H,2-5,9-10H2,1H3,(H,20,21,22). The molecular weight excluding hydrogens is 316 g/mol. The second kappa shape index (κ2) is 7.88. The van der Waals surface area contributed by atoms with Gasteiger partial charge in [-0.05, 0) is 31.9 Å². The lowest BCUT2D eigenvalue weighted by molar-refractivity contribution is 0.0755. The van der Waals surface area contributed by atoms with Gasteiger partial charge in [0.15, 0.2) is 5.78 Å². The molecule has 1 aromatic heterocycles. The number of aromatic nitrogens is 2. The number of Topliss-reactive ketones (excluding diaryl/α,β-unsaturated/α-hetero) is 1. The summed E-state index contributed by atoms with van der Waals surface area (Å²) in [7, 11) is 0. The average Bonchev–Trinajstić information content (AvgIpc) is 2.91. The molecule has 0 unspecified atom stereocenters. The molecule has 0 spiro atoms. The number of rotatable bonds is 4. The molecule has 6 nitrogen and oxygen atoms in total. The molecule has 2 heterocycles. The smallest absolute Gasteiger partial charge is 0.272 e. The fourth-order valence-electron chi connectivity index (χ4n) is 2.94. The predicted molar refractivity (Wildman–Crippen MR) is 96.1 cm³/mol. The Balaban J connectivity index is 1.76. The zero-order valence-corrected chi connectivity index (χ0v) is 14.4. The van der Waals surface area contributed by atoms with Gasteiger partial charge in [-0.2, -0.15) is 0 Å². The van der Waals surface area contributed by atoms with Gasteiger partial charge in [-0.15, -0.1) is 0 Å². The molecule has 0 radical (unpaired) electrons. The van der Waals surface area contributed by atoms with Gasteiger partial charge in [0.25, 0.3) is 5.91 Å². The second-order valence-electron chi connectivity index (χ2n) is 6.26. The maximum atomic E-state index is 12.7. The van der Waals surface area contributed by atoms with E-state index in [1.165, 1.54) is 26.1 Å². The van der Waals surface area contributed by atoms with Crippen molar-refractivity contribution in [3.8, 4) is 0 Å². The highest BCUT2D eigenvalue weighted by molar-refractivity contribution is 5.95. The number of anilines is 2. The average molecular weight is 338 g/mol. The molecule has 1 aromatic carbocycles. The first-order valence-corrected chi connectivity index (χ1v) is 8.63. The van der Waals surface area contributed by atoms with Crippen LogP contribution in [0.5, 0.6) is 0 Å². The number of hydrogen-bond donors (Lipinski definition) is 1. The number of likely N-dealkylation sites (tertiary alicyclic amines) is 1. The van der Waals surface area contributed by atoms with Crippen LogP contribution in [0.15, 0.2) is 36.7 Å². The zero-order valence-electron chi connectivity index (χ0n) is 14.4. The molecule has 3 rings (SSSR count). The third-order valence-electron chi connectivity index (χ3n) is 4.32. The molecular formula is C19H22N4O2.